The van der Waals surface area contributed by atoms with Crippen LogP contribution in [0.1, 0.15) is 32.6 Å². The molecule has 0 aliphatic carbocycles. The predicted molar refractivity (Wildman–Crippen MR) is 114 cm³/mol. The summed E-state index contributed by atoms with van der Waals surface area (Å²) in [5, 5.41) is 2.65. The van der Waals surface area contributed by atoms with Crippen LogP contribution >= 0.6 is 0 Å². The van der Waals surface area contributed by atoms with Gasteiger partial charge in [-0.3, -0.25) is 9.59 Å². The third kappa shape index (κ3) is 5.51. The number of benzene rings is 2. The van der Waals surface area contributed by atoms with E-state index in [9.17, 15) is 9.59 Å². The number of carbonyl (C=O) groups excluding carboxylic acids is 2. The number of nitrogens with zero attached hydrogens (tertiary/aromatic N) is 2. The first-order valence-corrected chi connectivity index (χ1v) is 9.56. The number of hydrogen-bond acceptors (Lipinski definition) is 2. The highest BCUT2D eigenvalue weighted by Gasteiger charge is 2.08. The van der Waals surface area contributed by atoms with Gasteiger partial charge in [-0.05, 0) is 61.7 Å². The van der Waals surface area contributed by atoms with E-state index in [0.717, 1.165) is 16.7 Å². The SMILES string of the molecule is Cc1ccc(Cn2ccccc2=NC(=O)CNC(=O)c2ccc(C)c(C)c2)cc1. The molecule has 0 aliphatic rings. The van der Waals surface area contributed by atoms with Crippen LogP contribution in [0.5, 0.6) is 0 Å². The van der Waals surface area contributed by atoms with Crippen molar-refractivity contribution in [2.75, 3.05) is 6.54 Å². The molecule has 1 heterocycles. The monoisotopic (exact) mass is 387 g/mol. The van der Waals surface area contributed by atoms with Crippen LogP contribution in [0.4, 0.5) is 0 Å². The van der Waals surface area contributed by atoms with Gasteiger partial charge in [0.25, 0.3) is 11.8 Å². The second-order valence-electron chi connectivity index (χ2n) is 7.16. The van der Waals surface area contributed by atoms with Crippen molar-refractivity contribution in [3.8, 4) is 0 Å². The summed E-state index contributed by atoms with van der Waals surface area (Å²) in [5.41, 5.74) is 5.57. The lowest BCUT2D eigenvalue weighted by Crippen LogP contribution is -2.31. The van der Waals surface area contributed by atoms with E-state index in [2.05, 4.69) is 34.6 Å². The molecule has 29 heavy (non-hydrogen) atoms. The largest absolute Gasteiger partial charge is 0.343 e. The molecule has 0 spiro atoms. The first-order chi connectivity index (χ1) is 13.9. The van der Waals surface area contributed by atoms with E-state index in [0.29, 0.717) is 17.6 Å². The number of aryl methyl sites for hydroxylation is 3. The molecule has 5 heteroatoms. The average Bonchev–Trinajstić information content (AvgIpc) is 2.71. The summed E-state index contributed by atoms with van der Waals surface area (Å²) in [4.78, 5) is 28.8. The van der Waals surface area contributed by atoms with Crippen LogP contribution in [0.2, 0.25) is 0 Å². The fraction of sp³-hybridized carbons (Fsp3) is 0.208. The number of carbonyl (C=O) groups is 2. The molecule has 2 amide bonds. The van der Waals surface area contributed by atoms with Crippen molar-refractivity contribution >= 4 is 11.8 Å². The lowest BCUT2D eigenvalue weighted by Gasteiger charge is -2.08. The fourth-order valence-corrected chi connectivity index (χ4v) is 2.90. The molecule has 1 aromatic heterocycles. The highest BCUT2D eigenvalue weighted by Crippen LogP contribution is 2.09. The highest BCUT2D eigenvalue weighted by molar-refractivity contribution is 5.96. The minimum Gasteiger partial charge on any atom is -0.343 e. The van der Waals surface area contributed by atoms with Crippen LogP contribution in [-0.4, -0.2) is 22.9 Å². The van der Waals surface area contributed by atoms with Gasteiger partial charge in [0.15, 0.2) is 0 Å². The Kier molecular flexibility index (Phi) is 6.39. The Morgan fingerprint density at radius 1 is 0.931 bits per heavy atom. The van der Waals surface area contributed by atoms with Crippen LogP contribution in [-0.2, 0) is 11.3 Å². The van der Waals surface area contributed by atoms with Crippen molar-refractivity contribution in [2.24, 2.45) is 4.99 Å². The second-order valence-corrected chi connectivity index (χ2v) is 7.16. The zero-order chi connectivity index (χ0) is 20.8. The zero-order valence-corrected chi connectivity index (χ0v) is 17.0. The van der Waals surface area contributed by atoms with Crippen molar-refractivity contribution in [2.45, 2.75) is 27.3 Å². The topological polar surface area (TPSA) is 63.5 Å². The van der Waals surface area contributed by atoms with Gasteiger partial charge in [-0.25, -0.2) is 0 Å². The lowest BCUT2D eigenvalue weighted by molar-refractivity contribution is -0.117. The number of amides is 2. The first-order valence-electron chi connectivity index (χ1n) is 9.56. The first kappa shape index (κ1) is 20.3. The van der Waals surface area contributed by atoms with E-state index in [1.807, 2.05) is 55.8 Å². The third-order valence-electron chi connectivity index (χ3n) is 4.80. The summed E-state index contributed by atoms with van der Waals surface area (Å²) >= 11 is 0. The zero-order valence-electron chi connectivity index (χ0n) is 17.0. The Morgan fingerprint density at radius 3 is 2.41 bits per heavy atom. The lowest BCUT2D eigenvalue weighted by atomic mass is 10.1. The molecule has 0 saturated heterocycles. The van der Waals surface area contributed by atoms with Gasteiger partial charge in [-0.15, -0.1) is 0 Å². The van der Waals surface area contributed by atoms with Gasteiger partial charge in [-0.2, -0.15) is 4.99 Å². The highest BCUT2D eigenvalue weighted by atomic mass is 16.2. The predicted octanol–water partition coefficient (Wildman–Crippen LogP) is 3.32. The summed E-state index contributed by atoms with van der Waals surface area (Å²) in [6.45, 7) is 6.46. The minimum atomic E-state index is -0.397. The molecule has 0 aliphatic heterocycles. The van der Waals surface area contributed by atoms with E-state index in [1.165, 1.54) is 5.56 Å². The van der Waals surface area contributed by atoms with Gasteiger partial charge in [0.1, 0.15) is 5.49 Å². The fourth-order valence-electron chi connectivity index (χ4n) is 2.90. The molecule has 0 atom stereocenters. The van der Waals surface area contributed by atoms with Gasteiger partial charge in [0.05, 0.1) is 6.54 Å². The Morgan fingerprint density at radius 2 is 1.69 bits per heavy atom. The van der Waals surface area contributed by atoms with E-state index >= 15 is 0 Å². The maximum Gasteiger partial charge on any atom is 0.267 e. The van der Waals surface area contributed by atoms with Gasteiger partial charge in [0.2, 0.25) is 0 Å². The van der Waals surface area contributed by atoms with Crippen LogP contribution in [0, 0.1) is 20.8 Å². The van der Waals surface area contributed by atoms with Crippen molar-refractivity contribution in [1.82, 2.24) is 9.88 Å². The molecule has 3 rings (SSSR count). The molecular weight excluding hydrogens is 362 g/mol. The molecule has 2 aromatic carbocycles. The normalized spacial score (nSPS) is 11.3. The van der Waals surface area contributed by atoms with Gasteiger partial charge in [0, 0.05) is 18.3 Å². The summed E-state index contributed by atoms with van der Waals surface area (Å²) in [6, 6.07) is 19.2. The summed E-state index contributed by atoms with van der Waals surface area (Å²) < 4.78 is 1.91. The number of nitrogens with one attached hydrogen (secondary N) is 1. The Labute approximate surface area is 170 Å². The van der Waals surface area contributed by atoms with Crippen molar-refractivity contribution in [1.29, 1.82) is 0 Å². The molecule has 0 fully saturated rings. The van der Waals surface area contributed by atoms with Gasteiger partial charge >= 0.3 is 0 Å². The van der Waals surface area contributed by atoms with E-state index in [-0.39, 0.29) is 12.5 Å². The van der Waals surface area contributed by atoms with Gasteiger partial charge in [-0.1, -0.05) is 42.0 Å². The third-order valence-corrected chi connectivity index (χ3v) is 4.80. The molecule has 0 saturated carbocycles. The summed E-state index contributed by atoms with van der Waals surface area (Å²) in [7, 11) is 0. The summed E-state index contributed by atoms with van der Waals surface area (Å²) in [5.74, 6) is -0.678. The molecule has 148 valence electrons. The smallest absolute Gasteiger partial charge is 0.267 e. The molecule has 0 bridgehead atoms. The molecule has 5 nitrogen and oxygen atoms in total. The molecule has 3 aromatic rings. The maximum absolute atomic E-state index is 12.3. The Balaban J connectivity index is 1.69. The van der Waals surface area contributed by atoms with Gasteiger partial charge < -0.3 is 9.88 Å². The van der Waals surface area contributed by atoms with E-state index < -0.39 is 5.91 Å². The standard InChI is InChI=1S/C24H25N3O2/c1-17-7-10-20(11-8-17)16-27-13-5-4-6-22(27)26-23(28)15-25-24(29)21-12-9-18(2)19(3)14-21/h4-14H,15-16H2,1-3H3,(H,25,29). The quantitative estimate of drug-likeness (QED) is 0.730. The van der Waals surface area contributed by atoms with E-state index in [1.54, 1.807) is 12.1 Å². The number of rotatable bonds is 5. The number of pyridine rings is 1. The average molecular weight is 387 g/mol. The van der Waals surface area contributed by atoms with Crippen molar-refractivity contribution in [3.63, 3.8) is 0 Å². The Bertz CT molecular complexity index is 1100. The maximum atomic E-state index is 12.3. The van der Waals surface area contributed by atoms with Crippen LogP contribution < -0.4 is 10.8 Å². The molecule has 0 radical (unpaired) electrons. The van der Waals surface area contributed by atoms with E-state index in [4.69, 9.17) is 0 Å². The number of aromatic nitrogens is 1. The molecule has 0 unspecified atom stereocenters. The minimum absolute atomic E-state index is 0.148. The van der Waals surface area contributed by atoms with Crippen LogP contribution in [0.25, 0.3) is 0 Å². The second kappa shape index (κ2) is 9.15. The molecule has 1 N–H and O–H groups in total. The summed E-state index contributed by atoms with van der Waals surface area (Å²) in [6.07, 6.45) is 1.89. The Hall–Kier alpha value is -3.47. The van der Waals surface area contributed by atoms with Crippen LogP contribution in [0.15, 0.2) is 71.9 Å². The van der Waals surface area contributed by atoms with Crippen molar-refractivity contribution < 1.29 is 9.59 Å². The van der Waals surface area contributed by atoms with Crippen LogP contribution in [0.3, 0.4) is 0 Å². The molecular formula is C24H25N3O2. The van der Waals surface area contributed by atoms with Crippen molar-refractivity contribution in [3.05, 3.63) is 100 Å². The number of hydrogen-bond donors (Lipinski definition) is 1.